The summed E-state index contributed by atoms with van der Waals surface area (Å²) in [5, 5.41) is 2.78. The van der Waals surface area contributed by atoms with Gasteiger partial charge >= 0.3 is 0 Å². The van der Waals surface area contributed by atoms with Crippen LogP contribution in [0.4, 0.5) is 5.69 Å². The van der Waals surface area contributed by atoms with Crippen molar-refractivity contribution in [1.29, 1.82) is 0 Å². The van der Waals surface area contributed by atoms with E-state index in [1.807, 2.05) is 32.0 Å². The fourth-order valence-electron chi connectivity index (χ4n) is 3.00. The van der Waals surface area contributed by atoms with E-state index in [1.165, 1.54) is 16.7 Å². The Labute approximate surface area is 157 Å². The number of amides is 3. The van der Waals surface area contributed by atoms with Crippen molar-refractivity contribution in [1.82, 2.24) is 10.2 Å². The highest BCUT2D eigenvalue weighted by molar-refractivity contribution is 8.01. The smallest absolute Gasteiger partial charge is 0.246 e. The van der Waals surface area contributed by atoms with Crippen molar-refractivity contribution >= 4 is 35.2 Å². The molecule has 1 aromatic carbocycles. The van der Waals surface area contributed by atoms with Crippen LogP contribution >= 0.6 is 11.8 Å². The van der Waals surface area contributed by atoms with E-state index in [0.717, 1.165) is 5.69 Å². The van der Waals surface area contributed by atoms with Gasteiger partial charge < -0.3 is 19.9 Å². The molecule has 1 aromatic rings. The number of thioether (sulfide) groups is 1. The van der Waals surface area contributed by atoms with Crippen LogP contribution in [0, 0.1) is 0 Å². The number of carbonyl (C=O) groups is 3. The van der Waals surface area contributed by atoms with Crippen molar-refractivity contribution in [2.24, 2.45) is 0 Å². The molecule has 0 unspecified atom stereocenters. The Morgan fingerprint density at radius 3 is 2.73 bits per heavy atom. The van der Waals surface area contributed by atoms with Crippen LogP contribution < -0.4 is 15.0 Å². The van der Waals surface area contributed by atoms with Crippen LogP contribution in [0.25, 0.3) is 0 Å². The number of benzene rings is 1. The number of nitrogens with zero attached hydrogens (tertiary/aromatic N) is 2. The topological polar surface area (TPSA) is 79.0 Å². The second-order valence-corrected chi connectivity index (χ2v) is 8.50. The van der Waals surface area contributed by atoms with Crippen molar-refractivity contribution in [3.05, 3.63) is 24.3 Å². The first-order valence-electron chi connectivity index (χ1n) is 8.50. The summed E-state index contributed by atoms with van der Waals surface area (Å²) in [6.07, 6.45) is 0. The maximum Gasteiger partial charge on any atom is 0.246 e. The van der Waals surface area contributed by atoms with E-state index < -0.39 is 10.8 Å². The van der Waals surface area contributed by atoms with Crippen LogP contribution in [0.1, 0.15) is 13.8 Å². The van der Waals surface area contributed by atoms with Crippen LogP contribution in [-0.2, 0) is 14.4 Å². The van der Waals surface area contributed by atoms with Crippen molar-refractivity contribution in [3.8, 4) is 5.75 Å². The summed E-state index contributed by atoms with van der Waals surface area (Å²) in [4.78, 5) is 40.5. The maximum absolute atomic E-state index is 12.7. The minimum Gasteiger partial charge on any atom is -0.497 e. The number of hydrogen-bond acceptors (Lipinski definition) is 5. The molecule has 1 atom stereocenters. The van der Waals surface area contributed by atoms with Gasteiger partial charge in [-0.25, -0.2) is 0 Å². The van der Waals surface area contributed by atoms with Crippen molar-refractivity contribution in [3.63, 3.8) is 0 Å². The number of anilines is 1. The van der Waals surface area contributed by atoms with Gasteiger partial charge in [-0.1, -0.05) is 6.07 Å². The van der Waals surface area contributed by atoms with Gasteiger partial charge in [-0.2, -0.15) is 0 Å². The van der Waals surface area contributed by atoms with Crippen LogP contribution in [0.15, 0.2) is 24.3 Å². The molecule has 140 valence electrons. The molecule has 2 heterocycles. The van der Waals surface area contributed by atoms with E-state index in [0.29, 0.717) is 24.6 Å². The number of ether oxygens (including phenoxy) is 1. The summed E-state index contributed by atoms with van der Waals surface area (Å²) >= 11 is 1.46. The Bertz CT molecular complexity index is 737. The number of carbonyl (C=O) groups excluding carboxylic acids is 3. The lowest BCUT2D eigenvalue weighted by Gasteiger charge is -2.38. The zero-order valence-electron chi connectivity index (χ0n) is 15.2. The first kappa shape index (κ1) is 18.6. The Kier molecular flexibility index (Phi) is 5.13. The second-order valence-electron chi connectivity index (χ2n) is 6.85. The Morgan fingerprint density at radius 2 is 2.08 bits per heavy atom. The maximum atomic E-state index is 12.7. The summed E-state index contributed by atoms with van der Waals surface area (Å²) in [6, 6.07) is 6.72. The lowest BCUT2D eigenvalue weighted by atomic mass is 10.1. The van der Waals surface area contributed by atoms with Gasteiger partial charge in [0.15, 0.2) is 0 Å². The molecular formula is C18H23N3O4S. The zero-order valence-corrected chi connectivity index (χ0v) is 16.0. The number of methoxy groups -OCH3 is 1. The van der Waals surface area contributed by atoms with Gasteiger partial charge in [0.05, 0.1) is 11.9 Å². The highest BCUT2D eigenvalue weighted by Gasteiger charge is 2.40. The number of nitrogens with one attached hydrogen (secondary N) is 1. The Hall–Kier alpha value is -2.22. The molecule has 8 heteroatoms. The lowest BCUT2D eigenvalue weighted by Crippen LogP contribution is -2.61. The van der Waals surface area contributed by atoms with E-state index in [9.17, 15) is 14.4 Å². The zero-order chi connectivity index (χ0) is 18.9. The molecule has 3 amide bonds. The molecule has 26 heavy (non-hydrogen) atoms. The minimum atomic E-state index is -0.573. The highest BCUT2D eigenvalue weighted by Crippen LogP contribution is 2.30. The molecule has 2 saturated heterocycles. The van der Waals surface area contributed by atoms with Crippen molar-refractivity contribution < 1.29 is 19.1 Å². The van der Waals surface area contributed by atoms with E-state index in [1.54, 1.807) is 18.1 Å². The molecule has 1 N–H and O–H groups in total. The van der Waals surface area contributed by atoms with Gasteiger partial charge in [0.25, 0.3) is 0 Å². The predicted molar refractivity (Wildman–Crippen MR) is 100 cm³/mol. The fourth-order valence-corrected chi connectivity index (χ4v) is 4.00. The normalized spacial score (nSPS) is 22.8. The summed E-state index contributed by atoms with van der Waals surface area (Å²) in [5.41, 5.74) is 0.754. The largest absolute Gasteiger partial charge is 0.497 e. The van der Waals surface area contributed by atoms with Gasteiger partial charge in [0, 0.05) is 30.6 Å². The molecule has 0 bridgehead atoms. The third kappa shape index (κ3) is 3.65. The molecule has 0 aromatic heterocycles. The number of piperazine rings is 1. The predicted octanol–water partition coefficient (Wildman–Crippen LogP) is 0.881. The van der Waals surface area contributed by atoms with Crippen LogP contribution in [-0.4, -0.2) is 65.9 Å². The Morgan fingerprint density at radius 1 is 1.31 bits per heavy atom. The van der Waals surface area contributed by atoms with Gasteiger partial charge in [-0.05, 0) is 26.0 Å². The molecule has 0 radical (unpaired) electrons. The molecule has 3 rings (SSSR count). The first-order valence-corrected chi connectivity index (χ1v) is 9.48. The third-order valence-electron chi connectivity index (χ3n) is 4.66. The van der Waals surface area contributed by atoms with E-state index >= 15 is 0 Å². The molecule has 7 nitrogen and oxygen atoms in total. The fraction of sp³-hybridized carbons (Fsp3) is 0.500. The Balaban J connectivity index is 1.64. The summed E-state index contributed by atoms with van der Waals surface area (Å²) < 4.78 is 4.67. The third-order valence-corrected chi connectivity index (χ3v) is 6.07. The van der Waals surface area contributed by atoms with E-state index in [2.05, 4.69) is 5.32 Å². The summed E-state index contributed by atoms with van der Waals surface area (Å²) in [5.74, 6) is 0.710. The summed E-state index contributed by atoms with van der Waals surface area (Å²) in [7, 11) is 1.58. The highest BCUT2D eigenvalue weighted by atomic mass is 32.2. The quantitative estimate of drug-likeness (QED) is 0.846. The average Bonchev–Trinajstić information content (AvgIpc) is 2.63. The average molecular weight is 377 g/mol. The van der Waals surface area contributed by atoms with Gasteiger partial charge in [-0.3, -0.25) is 14.4 Å². The molecule has 0 saturated carbocycles. The van der Waals surface area contributed by atoms with Gasteiger partial charge in [0.2, 0.25) is 17.7 Å². The monoisotopic (exact) mass is 377 g/mol. The number of rotatable bonds is 3. The first-order chi connectivity index (χ1) is 12.3. The molecule has 2 aliphatic rings. The van der Waals surface area contributed by atoms with Crippen LogP contribution in [0.3, 0.4) is 0 Å². The molecular weight excluding hydrogens is 354 g/mol. The van der Waals surface area contributed by atoms with Gasteiger partial charge in [0.1, 0.15) is 18.3 Å². The van der Waals surface area contributed by atoms with E-state index in [4.69, 9.17) is 4.74 Å². The van der Waals surface area contributed by atoms with E-state index in [-0.39, 0.29) is 24.3 Å². The van der Waals surface area contributed by atoms with Gasteiger partial charge in [-0.15, -0.1) is 11.8 Å². The summed E-state index contributed by atoms with van der Waals surface area (Å²) in [6.45, 7) is 4.53. The van der Waals surface area contributed by atoms with Crippen molar-refractivity contribution in [2.45, 2.75) is 24.6 Å². The SMILES string of the molecule is COc1cccc(N2CCN(C(=O)[C@H]3CSC(C)(C)C(=O)N3)CC2=O)c1. The molecule has 2 fully saturated rings. The van der Waals surface area contributed by atoms with Crippen LogP contribution in [0.5, 0.6) is 5.75 Å². The standard InChI is InChI=1S/C18H23N3O4S/c1-18(2)17(24)19-14(11-26-18)16(23)20-7-8-21(15(22)10-20)12-5-4-6-13(9-12)25-3/h4-6,9,14H,7-8,10-11H2,1-3H3,(H,19,24)/t14-/m1/s1. The minimum absolute atomic E-state index is 0.0104. The molecule has 0 aliphatic carbocycles. The second kappa shape index (κ2) is 7.19. The van der Waals surface area contributed by atoms with Crippen molar-refractivity contribution in [2.75, 3.05) is 37.4 Å². The van der Waals surface area contributed by atoms with Crippen LogP contribution in [0.2, 0.25) is 0 Å². The molecule has 0 spiro atoms. The lowest BCUT2D eigenvalue weighted by molar-refractivity contribution is -0.140. The number of hydrogen-bond donors (Lipinski definition) is 1. The molecule has 2 aliphatic heterocycles.